The fraction of sp³-hybridized carbons (Fsp3) is 0.429. The van der Waals surface area contributed by atoms with Gasteiger partial charge >= 0.3 is 0 Å². The molecule has 0 radical (unpaired) electrons. The number of rotatable bonds is 4. The lowest BCUT2D eigenvalue weighted by atomic mass is 10.1. The van der Waals surface area contributed by atoms with E-state index in [2.05, 4.69) is 53.2 Å². The average molecular weight is 216 g/mol. The van der Waals surface area contributed by atoms with Crippen LogP contribution in [-0.4, -0.2) is 20.6 Å². The molecule has 1 atom stereocenters. The van der Waals surface area contributed by atoms with Crippen molar-refractivity contribution in [3.05, 3.63) is 29.8 Å². The van der Waals surface area contributed by atoms with Crippen molar-refractivity contribution in [3.8, 4) is 11.8 Å². The largest absolute Gasteiger partial charge is 0.378 e. The molecule has 1 N–H and O–H groups in total. The Balaban J connectivity index is 2.61. The molecule has 1 aromatic carbocycles. The minimum atomic E-state index is 0.345. The number of benzene rings is 1. The van der Waals surface area contributed by atoms with E-state index in [0.717, 1.165) is 6.54 Å². The summed E-state index contributed by atoms with van der Waals surface area (Å²) in [4.78, 5) is 2.10. The smallest absolute Gasteiger partial charge is 0.0581 e. The topological polar surface area (TPSA) is 15.3 Å². The van der Waals surface area contributed by atoms with Gasteiger partial charge in [0.1, 0.15) is 0 Å². The van der Waals surface area contributed by atoms with Crippen LogP contribution in [0, 0.1) is 11.8 Å². The molecule has 0 amide bonds. The molecule has 0 aliphatic heterocycles. The summed E-state index contributed by atoms with van der Waals surface area (Å²) in [5.41, 5.74) is 2.52. The second kappa shape index (κ2) is 6.19. The Morgan fingerprint density at radius 3 is 2.38 bits per heavy atom. The summed E-state index contributed by atoms with van der Waals surface area (Å²) in [5.74, 6) is 5.89. The Bertz CT molecular complexity index is 368. The molecule has 1 rings (SSSR count). The van der Waals surface area contributed by atoms with E-state index < -0.39 is 0 Å². The molecule has 2 heteroatoms. The van der Waals surface area contributed by atoms with Gasteiger partial charge < -0.3 is 4.90 Å². The van der Waals surface area contributed by atoms with Crippen molar-refractivity contribution < 1.29 is 0 Å². The van der Waals surface area contributed by atoms with Crippen LogP contribution in [0.1, 0.15) is 25.5 Å². The summed E-state index contributed by atoms with van der Waals surface area (Å²) < 4.78 is 0. The molecule has 1 unspecified atom stereocenters. The number of hydrogen-bond donors (Lipinski definition) is 1. The van der Waals surface area contributed by atoms with Crippen LogP contribution in [0.5, 0.6) is 0 Å². The molecule has 0 spiro atoms. The van der Waals surface area contributed by atoms with E-state index in [0.29, 0.717) is 6.04 Å². The highest BCUT2D eigenvalue weighted by molar-refractivity contribution is 5.46. The van der Waals surface area contributed by atoms with Gasteiger partial charge in [-0.25, -0.2) is 0 Å². The molecule has 0 aliphatic carbocycles. The molecule has 16 heavy (non-hydrogen) atoms. The maximum atomic E-state index is 3.36. The van der Waals surface area contributed by atoms with Crippen LogP contribution < -0.4 is 10.2 Å². The van der Waals surface area contributed by atoms with Gasteiger partial charge in [0.05, 0.1) is 6.54 Å². The number of nitrogens with zero attached hydrogens (tertiary/aromatic N) is 1. The molecular formula is C14H20N2. The van der Waals surface area contributed by atoms with Gasteiger partial charge in [-0.3, -0.25) is 5.32 Å². The van der Waals surface area contributed by atoms with Gasteiger partial charge in [0.15, 0.2) is 0 Å². The van der Waals surface area contributed by atoms with Crippen molar-refractivity contribution in [2.45, 2.75) is 19.9 Å². The quantitative estimate of drug-likeness (QED) is 0.778. The molecule has 0 aliphatic rings. The number of anilines is 1. The van der Waals surface area contributed by atoms with E-state index in [4.69, 9.17) is 0 Å². The zero-order valence-corrected chi connectivity index (χ0v) is 10.5. The van der Waals surface area contributed by atoms with Crippen molar-refractivity contribution in [1.29, 1.82) is 0 Å². The lowest BCUT2D eigenvalue weighted by Crippen LogP contribution is -2.18. The van der Waals surface area contributed by atoms with Crippen LogP contribution in [0.2, 0.25) is 0 Å². The maximum absolute atomic E-state index is 3.36. The van der Waals surface area contributed by atoms with Gasteiger partial charge in [0.2, 0.25) is 0 Å². The van der Waals surface area contributed by atoms with Crippen LogP contribution in [0.25, 0.3) is 0 Å². The monoisotopic (exact) mass is 216 g/mol. The van der Waals surface area contributed by atoms with Gasteiger partial charge in [0, 0.05) is 25.8 Å². The first-order chi connectivity index (χ1) is 7.65. The third-order valence-electron chi connectivity index (χ3n) is 2.58. The molecule has 0 bridgehead atoms. The summed E-state index contributed by atoms with van der Waals surface area (Å²) in [6.45, 7) is 4.76. The van der Waals surface area contributed by atoms with Crippen molar-refractivity contribution in [2.24, 2.45) is 0 Å². The summed E-state index contributed by atoms with van der Waals surface area (Å²) in [6, 6.07) is 8.94. The molecule has 0 heterocycles. The Hall–Kier alpha value is -1.46. The second-order valence-corrected chi connectivity index (χ2v) is 4.02. The van der Waals surface area contributed by atoms with Crippen molar-refractivity contribution >= 4 is 5.69 Å². The molecule has 0 fully saturated rings. The van der Waals surface area contributed by atoms with Crippen molar-refractivity contribution in [2.75, 3.05) is 25.5 Å². The fourth-order valence-electron chi connectivity index (χ4n) is 1.47. The summed E-state index contributed by atoms with van der Waals surface area (Å²) in [6.07, 6.45) is 0. The fourth-order valence-corrected chi connectivity index (χ4v) is 1.47. The Morgan fingerprint density at radius 2 is 1.88 bits per heavy atom. The second-order valence-electron chi connectivity index (χ2n) is 4.02. The van der Waals surface area contributed by atoms with E-state index in [1.165, 1.54) is 11.3 Å². The first-order valence-corrected chi connectivity index (χ1v) is 5.55. The molecule has 0 aromatic heterocycles. The zero-order valence-electron chi connectivity index (χ0n) is 10.5. The van der Waals surface area contributed by atoms with Gasteiger partial charge in [-0.1, -0.05) is 18.1 Å². The normalized spacial score (nSPS) is 11.5. The molecule has 2 nitrogen and oxygen atoms in total. The molecular weight excluding hydrogens is 196 g/mol. The predicted octanol–water partition coefficient (Wildman–Crippen LogP) is 2.43. The van der Waals surface area contributed by atoms with Gasteiger partial charge in [-0.2, -0.15) is 0 Å². The third-order valence-corrected chi connectivity index (χ3v) is 2.58. The number of nitrogens with one attached hydrogen (secondary N) is 1. The number of hydrogen-bond acceptors (Lipinski definition) is 2. The van der Waals surface area contributed by atoms with E-state index in [-0.39, 0.29) is 0 Å². The lowest BCUT2D eigenvalue weighted by molar-refractivity contribution is 0.623. The molecule has 0 saturated carbocycles. The van der Waals surface area contributed by atoms with Gasteiger partial charge in [-0.05, 0) is 31.5 Å². The standard InChI is InChI=1S/C14H20N2/c1-5-6-11-15-12(2)13-7-9-14(10-8-13)16(3)4/h7-10,12,15H,11H2,1-4H3. The van der Waals surface area contributed by atoms with Crippen LogP contribution in [0.3, 0.4) is 0 Å². The highest BCUT2D eigenvalue weighted by Gasteiger charge is 2.03. The Kier molecular flexibility index (Phi) is 4.88. The summed E-state index contributed by atoms with van der Waals surface area (Å²) >= 11 is 0. The first kappa shape index (κ1) is 12.6. The minimum absolute atomic E-state index is 0.345. The van der Waals surface area contributed by atoms with Crippen molar-refractivity contribution in [1.82, 2.24) is 5.32 Å². The first-order valence-electron chi connectivity index (χ1n) is 5.55. The van der Waals surface area contributed by atoms with Gasteiger partial charge in [0.25, 0.3) is 0 Å². The highest BCUT2D eigenvalue weighted by Crippen LogP contribution is 2.17. The molecule has 1 aromatic rings. The highest BCUT2D eigenvalue weighted by atomic mass is 15.1. The Labute approximate surface area is 98.7 Å². The van der Waals surface area contributed by atoms with Crippen LogP contribution >= 0.6 is 0 Å². The van der Waals surface area contributed by atoms with Crippen LogP contribution in [0.4, 0.5) is 5.69 Å². The lowest BCUT2D eigenvalue weighted by Gasteiger charge is -2.16. The van der Waals surface area contributed by atoms with Crippen molar-refractivity contribution in [3.63, 3.8) is 0 Å². The summed E-state index contributed by atoms with van der Waals surface area (Å²) in [7, 11) is 4.10. The van der Waals surface area contributed by atoms with E-state index >= 15 is 0 Å². The average Bonchev–Trinajstić information content (AvgIpc) is 2.29. The zero-order chi connectivity index (χ0) is 12.0. The predicted molar refractivity (Wildman–Crippen MR) is 70.6 cm³/mol. The minimum Gasteiger partial charge on any atom is -0.378 e. The van der Waals surface area contributed by atoms with Crippen LogP contribution in [-0.2, 0) is 0 Å². The Morgan fingerprint density at radius 1 is 1.25 bits per heavy atom. The van der Waals surface area contributed by atoms with Gasteiger partial charge in [-0.15, -0.1) is 5.92 Å². The summed E-state index contributed by atoms with van der Waals surface area (Å²) in [5, 5.41) is 3.36. The van der Waals surface area contributed by atoms with E-state index in [1.54, 1.807) is 0 Å². The van der Waals surface area contributed by atoms with E-state index in [9.17, 15) is 0 Å². The molecule has 0 saturated heterocycles. The maximum Gasteiger partial charge on any atom is 0.0581 e. The molecule has 86 valence electrons. The SMILES string of the molecule is CC#CCNC(C)c1ccc(N(C)C)cc1. The van der Waals surface area contributed by atoms with Crippen LogP contribution in [0.15, 0.2) is 24.3 Å². The van der Waals surface area contributed by atoms with E-state index in [1.807, 2.05) is 21.0 Å². The third kappa shape index (κ3) is 3.60.